The van der Waals surface area contributed by atoms with Crippen LogP contribution < -0.4 is 5.32 Å². The first-order chi connectivity index (χ1) is 8.70. The molecule has 2 aromatic heterocycles. The highest BCUT2D eigenvalue weighted by atomic mass is 16.4. The van der Waals surface area contributed by atoms with Gasteiger partial charge in [-0.1, -0.05) is 19.8 Å². The third-order valence-electron chi connectivity index (χ3n) is 2.63. The standard InChI is InChI=1S/C11H15N5O2/c1-2-3-4-8(11(17)18)13-9-5-6-10-14-12-7-16(10)15-9/h5-8H,2-4H2,1H3,(H,13,15)(H,17,18). The molecule has 0 amide bonds. The van der Waals surface area contributed by atoms with Crippen LogP contribution in [0.4, 0.5) is 5.82 Å². The lowest BCUT2D eigenvalue weighted by atomic mass is 10.1. The highest BCUT2D eigenvalue weighted by Gasteiger charge is 2.17. The lowest BCUT2D eigenvalue weighted by Gasteiger charge is -2.14. The molecule has 0 bridgehead atoms. The molecule has 0 saturated carbocycles. The number of hydrogen-bond donors (Lipinski definition) is 2. The van der Waals surface area contributed by atoms with E-state index in [2.05, 4.69) is 20.6 Å². The maximum absolute atomic E-state index is 11.1. The zero-order valence-corrected chi connectivity index (χ0v) is 10.1. The van der Waals surface area contributed by atoms with Crippen LogP contribution in [0.2, 0.25) is 0 Å². The first-order valence-electron chi connectivity index (χ1n) is 5.87. The van der Waals surface area contributed by atoms with Crippen LogP contribution in [-0.2, 0) is 4.79 Å². The Hall–Kier alpha value is -2.18. The van der Waals surface area contributed by atoms with E-state index in [1.165, 1.54) is 10.8 Å². The van der Waals surface area contributed by atoms with E-state index in [0.717, 1.165) is 12.8 Å². The number of aromatic nitrogens is 4. The molecule has 2 rings (SSSR count). The zero-order chi connectivity index (χ0) is 13.0. The fourth-order valence-corrected chi connectivity index (χ4v) is 1.65. The highest BCUT2D eigenvalue weighted by Crippen LogP contribution is 2.10. The summed E-state index contributed by atoms with van der Waals surface area (Å²) in [6, 6.07) is 2.82. The van der Waals surface area contributed by atoms with Crippen molar-refractivity contribution < 1.29 is 9.90 Å². The number of carboxylic acid groups (broad SMARTS) is 1. The molecule has 0 aliphatic carbocycles. The van der Waals surface area contributed by atoms with E-state index in [-0.39, 0.29) is 0 Å². The molecule has 0 saturated heterocycles. The molecule has 0 aromatic carbocycles. The molecule has 96 valence electrons. The minimum Gasteiger partial charge on any atom is -0.480 e. The first-order valence-corrected chi connectivity index (χ1v) is 5.87. The third-order valence-corrected chi connectivity index (χ3v) is 2.63. The minimum absolute atomic E-state index is 0.505. The van der Waals surface area contributed by atoms with E-state index in [0.29, 0.717) is 17.9 Å². The topological polar surface area (TPSA) is 92.4 Å². The van der Waals surface area contributed by atoms with Crippen molar-refractivity contribution in [2.45, 2.75) is 32.2 Å². The van der Waals surface area contributed by atoms with Crippen LogP contribution in [0.1, 0.15) is 26.2 Å². The predicted octanol–water partition coefficient (Wildman–Crippen LogP) is 1.18. The van der Waals surface area contributed by atoms with E-state index in [9.17, 15) is 4.79 Å². The van der Waals surface area contributed by atoms with Gasteiger partial charge in [0.25, 0.3) is 0 Å². The van der Waals surface area contributed by atoms with Gasteiger partial charge in [-0.05, 0) is 18.6 Å². The molecule has 0 spiro atoms. The summed E-state index contributed by atoms with van der Waals surface area (Å²) in [6.07, 6.45) is 3.87. The van der Waals surface area contributed by atoms with Crippen molar-refractivity contribution in [2.24, 2.45) is 0 Å². The number of carbonyl (C=O) groups is 1. The smallest absolute Gasteiger partial charge is 0.326 e. The Bertz CT molecular complexity index is 539. The Morgan fingerprint density at radius 2 is 2.39 bits per heavy atom. The van der Waals surface area contributed by atoms with Gasteiger partial charge in [0.1, 0.15) is 18.2 Å². The second kappa shape index (κ2) is 5.44. The molecular formula is C11H15N5O2. The summed E-state index contributed by atoms with van der Waals surface area (Å²) < 4.78 is 1.50. The minimum atomic E-state index is -0.867. The van der Waals surface area contributed by atoms with Crippen LogP contribution in [0.15, 0.2) is 18.5 Å². The number of nitrogens with zero attached hydrogens (tertiary/aromatic N) is 4. The Labute approximate surface area is 104 Å². The quantitative estimate of drug-likeness (QED) is 0.798. The van der Waals surface area contributed by atoms with Gasteiger partial charge < -0.3 is 10.4 Å². The number of rotatable bonds is 6. The number of nitrogens with one attached hydrogen (secondary N) is 1. The molecule has 7 nitrogen and oxygen atoms in total. The van der Waals surface area contributed by atoms with Gasteiger partial charge in [-0.2, -0.15) is 4.52 Å². The van der Waals surface area contributed by atoms with E-state index in [1.54, 1.807) is 12.1 Å². The summed E-state index contributed by atoms with van der Waals surface area (Å²) in [4.78, 5) is 11.1. The van der Waals surface area contributed by atoms with Crippen molar-refractivity contribution in [2.75, 3.05) is 5.32 Å². The van der Waals surface area contributed by atoms with Crippen molar-refractivity contribution in [3.8, 4) is 0 Å². The molecule has 0 radical (unpaired) electrons. The summed E-state index contributed by atoms with van der Waals surface area (Å²) in [5.41, 5.74) is 0.626. The maximum Gasteiger partial charge on any atom is 0.326 e. The van der Waals surface area contributed by atoms with Crippen molar-refractivity contribution >= 4 is 17.4 Å². The summed E-state index contributed by atoms with van der Waals surface area (Å²) in [5, 5.41) is 23.7. The third kappa shape index (κ3) is 2.73. The van der Waals surface area contributed by atoms with Crippen molar-refractivity contribution in [3.63, 3.8) is 0 Å². The van der Waals surface area contributed by atoms with Gasteiger partial charge in [-0.25, -0.2) is 4.79 Å². The Morgan fingerprint density at radius 3 is 3.11 bits per heavy atom. The zero-order valence-electron chi connectivity index (χ0n) is 10.1. The summed E-state index contributed by atoms with van der Waals surface area (Å²) in [7, 11) is 0. The van der Waals surface area contributed by atoms with Gasteiger partial charge in [0.15, 0.2) is 5.65 Å². The normalized spacial score (nSPS) is 12.5. The van der Waals surface area contributed by atoms with E-state index < -0.39 is 12.0 Å². The largest absolute Gasteiger partial charge is 0.480 e. The van der Waals surface area contributed by atoms with Gasteiger partial charge >= 0.3 is 5.97 Å². The number of fused-ring (bicyclic) bond motifs is 1. The molecule has 18 heavy (non-hydrogen) atoms. The van der Waals surface area contributed by atoms with Crippen LogP contribution >= 0.6 is 0 Å². The predicted molar refractivity (Wildman–Crippen MR) is 65.4 cm³/mol. The number of carboxylic acids is 1. The highest BCUT2D eigenvalue weighted by molar-refractivity contribution is 5.76. The van der Waals surface area contributed by atoms with E-state index >= 15 is 0 Å². The Balaban J connectivity index is 2.11. The molecule has 0 aliphatic rings. The maximum atomic E-state index is 11.1. The summed E-state index contributed by atoms with van der Waals surface area (Å²) >= 11 is 0. The fraction of sp³-hybridized carbons (Fsp3) is 0.455. The monoisotopic (exact) mass is 249 g/mol. The fourth-order valence-electron chi connectivity index (χ4n) is 1.65. The van der Waals surface area contributed by atoms with Crippen molar-refractivity contribution in [1.29, 1.82) is 0 Å². The van der Waals surface area contributed by atoms with Crippen molar-refractivity contribution in [1.82, 2.24) is 19.8 Å². The number of unbranched alkanes of at least 4 members (excludes halogenated alkanes) is 1. The van der Waals surface area contributed by atoms with Gasteiger partial charge in [-0.15, -0.1) is 15.3 Å². The molecule has 2 heterocycles. The summed E-state index contributed by atoms with van der Waals surface area (Å²) in [6.45, 7) is 2.03. The van der Waals surface area contributed by atoms with Crippen LogP contribution in [0.5, 0.6) is 0 Å². The number of anilines is 1. The Kier molecular flexibility index (Phi) is 3.71. The van der Waals surface area contributed by atoms with Gasteiger partial charge in [0.05, 0.1) is 0 Å². The van der Waals surface area contributed by atoms with Crippen molar-refractivity contribution in [3.05, 3.63) is 18.5 Å². The second-order valence-corrected chi connectivity index (χ2v) is 4.03. The Morgan fingerprint density at radius 1 is 1.56 bits per heavy atom. The number of aliphatic carboxylic acids is 1. The van der Waals surface area contributed by atoms with Crippen LogP contribution in [-0.4, -0.2) is 36.9 Å². The van der Waals surface area contributed by atoms with Crippen LogP contribution in [0, 0.1) is 0 Å². The van der Waals surface area contributed by atoms with Crippen LogP contribution in [0.25, 0.3) is 5.65 Å². The van der Waals surface area contributed by atoms with E-state index in [1.807, 2.05) is 6.92 Å². The lowest BCUT2D eigenvalue weighted by Crippen LogP contribution is -2.29. The molecule has 1 atom stereocenters. The molecule has 0 aliphatic heterocycles. The lowest BCUT2D eigenvalue weighted by molar-refractivity contribution is -0.138. The van der Waals surface area contributed by atoms with Gasteiger partial charge in [0.2, 0.25) is 0 Å². The van der Waals surface area contributed by atoms with Gasteiger partial charge in [-0.3, -0.25) is 0 Å². The molecule has 2 aromatic rings. The SMILES string of the molecule is CCCCC(Nc1ccc2nncn2n1)C(=O)O. The molecule has 1 unspecified atom stereocenters. The molecule has 7 heteroatoms. The average molecular weight is 249 g/mol. The van der Waals surface area contributed by atoms with Crippen LogP contribution in [0.3, 0.4) is 0 Å². The summed E-state index contributed by atoms with van der Waals surface area (Å²) in [5.74, 6) is -0.361. The molecule has 0 fully saturated rings. The van der Waals surface area contributed by atoms with E-state index in [4.69, 9.17) is 5.11 Å². The second-order valence-electron chi connectivity index (χ2n) is 4.03. The molecular weight excluding hydrogens is 234 g/mol. The van der Waals surface area contributed by atoms with Gasteiger partial charge in [0, 0.05) is 0 Å². The number of hydrogen-bond acceptors (Lipinski definition) is 5. The molecule has 2 N–H and O–H groups in total. The first kappa shape index (κ1) is 12.3. The average Bonchev–Trinajstić information content (AvgIpc) is 2.81.